The van der Waals surface area contributed by atoms with Gasteiger partial charge in [0.25, 0.3) is 5.91 Å². The van der Waals surface area contributed by atoms with E-state index < -0.39 is 0 Å². The minimum Gasteiger partial charge on any atom is -0.355 e. The van der Waals surface area contributed by atoms with Crippen LogP contribution < -0.4 is 10.2 Å². The average Bonchev–Trinajstić information content (AvgIpc) is 3.22. The monoisotopic (exact) mass is 356 g/mol. The number of carbonyl (C=O) groups is 1. The Morgan fingerprint density at radius 1 is 1.32 bits per heavy atom. The predicted molar refractivity (Wildman–Crippen MR) is 98.1 cm³/mol. The summed E-state index contributed by atoms with van der Waals surface area (Å²) in [6.07, 6.45) is 5.22. The number of piperidine rings is 1. The molecule has 1 saturated heterocycles. The molecule has 1 N–H and O–H groups in total. The highest BCUT2D eigenvalue weighted by Gasteiger charge is 2.24. The molecule has 1 aliphatic rings. The van der Waals surface area contributed by atoms with Crippen molar-refractivity contribution in [3.05, 3.63) is 35.2 Å². The second kappa shape index (κ2) is 6.44. The number of rotatable bonds is 3. The third-order valence-corrected chi connectivity index (χ3v) is 5.67. The minimum absolute atomic E-state index is 0.0997. The number of hydrogen-bond donors (Lipinski definition) is 1. The molecule has 7 nitrogen and oxygen atoms in total. The molecule has 0 aromatic carbocycles. The van der Waals surface area contributed by atoms with Crippen LogP contribution in [-0.4, -0.2) is 44.8 Å². The summed E-state index contributed by atoms with van der Waals surface area (Å²) in [5.74, 6) is 0.912. The standard InChI is InChI=1S/C17H20N6OS/c1-11-9-25-15-14(11)18-10-19-16(15)23-7-3-12(4-8-23)20-17(24)13-5-6-22(2)21-13/h5-6,9-10,12H,3-4,7-8H2,1-2H3,(H,20,24). The van der Waals surface area contributed by atoms with Crippen molar-refractivity contribution >= 4 is 33.3 Å². The first kappa shape index (κ1) is 16.0. The van der Waals surface area contributed by atoms with E-state index in [1.54, 1.807) is 34.6 Å². The van der Waals surface area contributed by atoms with Crippen molar-refractivity contribution < 1.29 is 4.79 Å². The Morgan fingerprint density at radius 3 is 2.84 bits per heavy atom. The SMILES string of the molecule is Cc1csc2c(N3CCC(NC(=O)c4ccn(C)n4)CC3)ncnc12. The van der Waals surface area contributed by atoms with E-state index in [1.165, 1.54) is 5.56 Å². The van der Waals surface area contributed by atoms with Gasteiger partial charge in [0.15, 0.2) is 0 Å². The molecule has 0 radical (unpaired) electrons. The highest BCUT2D eigenvalue weighted by Crippen LogP contribution is 2.32. The Kier molecular flexibility index (Phi) is 4.12. The molecular formula is C17H20N6OS. The number of amides is 1. The van der Waals surface area contributed by atoms with E-state index in [1.807, 2.05) is 7.05 Å². The van der Waals surface area contributed by atoms with E-state index in [9.17, 15) is 4.79 Å². The van der Waals surface area contributed by atoms with Gasteiger partial charge in [-0.1, -0.05) is 0 Å². The molecule has 25 heavy (non-hydrogen) atoms. The molecule has 1 fully saturated rings. The average molecular weight is 356 g/mol. The number of nitrogens with one attached hydrogen (secondary N) is 1. The van der Waals surface area contributed by atoms with Gasteiger partial charge in [-0.15, -0.1) is 11.3 Å². The molecule has 0 spiro atoms. The number of thiophene rings is 1. The van der Waals surface area contributed by atoms with Crippen molar-refractivity contribution in [1.82, 2.24) is 25.1 Å². The first-order valence-electron chi connectivity index (χ1n) is 8.36. The zero-order valence-corrected chi connectivity index (χ0v) is 15.1. The summed E-state index contributed by atoms with van der Waals surface area (Å²) >= 11 is 1.70. The molecule has 0 atom stereocenters. The Bertz CT molecular complexity index is 909. The Morgan fingerprint density at radius 2 is 2.12 bits per heavy atom. The zero-order chi connectivity index (χ0) is 17.4. The van der Waals surface area contributed by atoms with Crippen LogP contribution in [0.1, 0.15) is 28.9 Å². The molecule has 4 heterocycles. The second-order valence-corrected chi connectivity index (χ2v) is 7.28. The van der Waals surface area contributed by atoms with Crippen molar-refractivity contribution in [2.45, 2.75) is 25.8 Å². The number of carbonyl (C=O) groups excluding carboxylic acids is 1. The van der Waals surface area contributed by atoms with Gasteiger partial charge in [0.05, 0.1) is 10.2 Å². The number of anilines is 1. The highest BCUT2D eigenvalue weighted by atomic mass is 32.1. The van der Waals surface area contributed by atoms with Crippen LogP contribution >= 0.6 is 11.3 Å². The van der Waals surface area contributed by atoms with E-state index >= 15 is 0 Å². The van der Waals surface area contributed by atoms with Crippen molar-refractivity contribution in [2.75, 3.05) is 18.0 Å². The fourth-order valence-corrected chi connectivity index (χ4v) is 4.23. The van der Waals surface area contributed by atoms with Crippen molar-refractivity contribution in [3.63, 3.8) is 0 Å². The first-order chi connectivity index (χ1) is 12.1. The van der Waals surface area contributed by atoms with Crippen LogP contribution in [0, 0.1) is 6.92 Å². The number of aromatic nitrogens is 4. The van der Waals surface area contributed by atoms with Crippen molar-refractivity contribution in [1.29, 1.82) is 0 Å². The lowest BCUT2D eigenvalue weighted by molar-refractivity contribution is 0.0925. The molecule has 130 valence electrons. The van der Waals surface area contributed by atoms with Gasteiger partial charge < -0.3 is 10.2 Å². The predicted octanol–water partition coefficient (Wildman–Crippen LogP) is 2.13. The molecule has 4 rings (SSSR count). The van der Waals surface area contributed by atoms with E-state index in [0.717, 1.165) is 42.0 Å². The largest absolute Gasteiger partial charge is 0.355 e. The van der Waals surface area contributed by atoms with E-state index in [2.05, 4.69) is 37.6 Å². The Labute approximate surface area is 149 Å². The maximum absolute atomic E-state index is 12.2. The molecule has 0 saturated carbocycles. The van der Waals surface area contributed by atoms with E-state index in [-0.39, 0.29) is 11.9 Å². The molecule has 0 bridgehead atoms. The smallest absolute Gasteiger partial charge is 0.271 e. The molecule has 8 heteroatoms. The lowest BCUT2D eigenvalue weighted by Gasteiger charge is -2.33. The number of hydrogen-bond acceptors (Lipinski definition) is 6. The third kappa shape index (κ3) is 3.09. The molecule has 3 aromatic rings. The van der Waals surface area contributed by atoms with Gasteiger partial charge in [0.1, 0.15) is 17.8 Å². The summed E-state index contributed by atoms with van der Waals surface area (Å²) in [5, 5.41) is 9.37. The van der Waals surface area contributed by atoms with Gasteiger partial charge in [0, 0.05) is 32.4 Å². The Balaban J connectivity index is 1.42. The van der Waals surface area contributed by atoms with Crippen LogP contribution in [0.25, 0.3) is 10.2 Å². The van der Waals surface area contributed by atoms with Crippen LogP contribution in [0.4, 0.5) is 5.82 Å². The summed E-state index contributed by atoms with van der Waals surface area (Å²) in [4.78, 5) is 23.4. The minimum atomic E-state index is -0.0997. The molecule has 1 aliphatic heterocycles. The van der Waals surface area contributed by atoms with E-state index in [0.29, 0.717) is 5.69 Å². The quantitative estimate of drug-likeness (QED) is 0.778. The topological polar surface area (TPSA) is 75.9 Å². The number of nitrogens with zero attached hydrogens (tertiary/aromatic N) is 5. The van der Waals surface area contributed by atoms with Crippen LogP contribution in [0.3, 0.4) is 0 Å². The van der Waals surface area contributed by atoms with Crippen LogP contribution in [-0.2, 0) is 7.05 Å². The molecule has 1 amide bonds. The summed E-state index contributed by atoms with van der Waals surface area (Å²) in [5.41, 5.74) is 2.71. The maximum atomic E-state index is 12.2. The van der Waals surface area contributed by atoms with Crippen LogP contribution in [0.15, 0.2) is 24.0 Å². The normalized spacial score (nSPS) is 15.7. The van der Waals surface area contributed by atoms with Crippen LogP contribution in [0.2, 0.25) is 0 Å². The highest BCUT2D eigenvalue weighted by molar-refractivity contribution is 7.18. The summed E-state index contributed by atoms with van der Waals surface area (Å²) in [6.45, 7) is 3.82. The van der Waals surface area contributed by atoms with Gasteiger partial charge in [0.2, 0.25) is 0 Å². The first-order valence-corrected chi connectivity index (χ1v) is 9.24. The van der Waals surface area contributed by atoms with Gasteiger partial charge in [-0.3, -0.25) is 9.48 Å². The molecule has 3 aromatic heterocycles. The Hall–Kier alpha value is -2.48. The van der Waals surface area contributed by atoms with Gasteiger partial charge in [-0.05, 0) is 36.8 Å². The fourth-order valence-electron chi connectivity index (χ4n) is 3.21. The van der Waals surface area contributed by atoms with Crippen molar-refractivity contribution in [3.8, 4) is 0 Å². The molecular weight excluding hydrogens is 336 g/mol. The zero-order valence-electron chi connectivity index (χ0n) is 14.3. The van der Waals surface area contributed by atoms with Gasteiger partial charge >= 0.3 is 0 Å². The number of aryl methyl sites for hydroxylation is 2. The summed E-state index contributed by atoms with van der Waals surface area (Å²) in [6, 6.07) is 1.91. The fraction of sp³-hybridized carbons (Fsp3) is 0.412. The lowest BCUT2D eigenvalue weighted by Crippen LogP contribution is -2.45. The molecule has 0 unspecified atom stereocenters. The summed E-state index contributed by atoms with van der Waals surface area (Å²) < 4.78 is 2.79. The maximum Gasteiger partial charge on any atom is 0.271 e. The van der Waals surface area contributed by atoms with Crippen LogP contribution in [0.5, 0.6) is 0 Å². The van der Waals surface area contributed by atoms with Gasteiger partial charge in [-0.25, -0.2) is 9.97 Å². The molecule has 0 aliphatic carbocycles. The van der Waals surface area contributed by atoms with Gasteiger partial charge in [-0.2, -0.15) is 5.10 Å². The van der Waals surface area contributed by atoms with Crippen molar-refractivity contribution in [2.24, 2.45) is 7.05 Å². The summed E-state index contributed by atoms with van der Waals surface area (Å²) in [7, 11) is 1.81. The lowest BCUT2D eigenvalue weighted by atomic mass is 10.0. The number of fused-ring (bicyclic) bond motifs is 1. The second-order valence-electron chi connectivity index (χ2n) is 6.40. The van der Waals surface area contributed by atoms with E-state index in [4.69, 9.17) is 0 Å². The third-order valence-electron chi connectivity index (χ3n) is 4.59.